The van der Waals surface area contributed by atoms with Crippen molar-refractivity contribution in [3.05, 3.63) is 89.5 Å². The Kier molecular flexibility index (Phi) is 6.66. The van der Waals surface area contributed by atoms with Gasteiger partial charge >= 0.3 is 12.1 Å². The lowest BCUT2D eigenvalue weighted by Gasteiger charge is -2.12. The molecule has 3 rings (SSSR count). The molecule has 2 N–H and O–H groups in total. The van der Waals surface area contributed by atoms with Crippen LogP contribution in [0, 0.1) is 0 Å². The van der Waals surface area contributed by atoms with Gasteiger partial charge < -0.3 is 10.4 Å². The zero-order valence-corrected chi connectivity index (χ0v) is 15.6. The van der Waals surface area contributed by atoms with Crippen molar-refractivity contribution in [2.24, 2.45) is 0 Å². The van der Waals surface area contributed by atoms with E-state index < -0.39 is 23.6 Å². The Balaban J connectivity index is 0.00000300. The van der Waals surface area contributed by atoms with E-state index in [0.717, 1.165) is 12.1 Å². The summed E-state index contributed by atoms with van der Waals surface area (Å²) in [5.74, 6) is -1.63. The molecule has 4 nitrogen and oxygen atoms in total. The third-order valence-electron chi connectivity index (χ3n) is 4.06. The largest absolute Gasteiger partial charge is 0.478 e. The van der Waals surface area contributed by atoms with Crippen molar-refractivity contribution in [1.82, 2.24) is 0 Å². The molecule has 0 aromatic heterocycles. The number of anilines is 1. The molecule has 0 aliphatic rings. The van der Waals surface area contributed by atoms with Crippen molar-refractivity contribution in [1.29, 1.82) is 0 Å². The van der Waals surface area contributed by atoms with Gasteiger partial charge in [0.2, 0.25) is 0 Å². The number of amides is 1. The molecule has 0 aliphatic carbocycles. The van der Waals surface area contributed by atoms with Gasteiger partial charge in [0.15, 0.2) is 0 Å². The van der Waals surface area contributed by atoms with E-state index in [4.69, 9.17) is 5.11 Å². The molecule has 0 unspecified atom stereocenters. The number of alkyl halides is 3. The molecule has 29 heavy (non-hydrogen) atoms. The van der Waals surface area contributed by atoms with Crippen LogP contribution in [0.25, 0.3) is 11.1 Å². The van der Waals surface area contributed by atoms with Crippen molar-refractivity contribution in [2.75, 3.05) is 5.32 Å². The summed E-state index contributed by atoms with van der Waals surface area (Å²) in [6.07, 6.45) is -4.44. The van der Waals surface area contributed by atoms with Crippen LogP contribution < -0.4 is 5.32 Å². The number of carboxylic acid groups (broad SMARTS) is 1. The van der Waals surface area contributed by atoms with Crippen molar-refractivity contribution in [3.8, 4) is 11.1 Å². The van der Waals surface area contributed by atoms with E-state index in [-0.39, 0.29) is 23.5 Å². The molecule has 1 amide bonds. The summed E-state index contributed by atoms with van der Waals surface area (Å²) in [5, 5.41) is 11.7. The second-order valence-corrected chi connectivity index (χ2v) is 5.96. The summed E-state index contributed by atoms with van der Waals surface area (Å²) in [4.78, 5) is 23.7. The summed E-state index contributed by atoms with van der Waals surface area (Å²) in [7, 11) is 0. The molecule has 0 bridgehead atoms. The molecule has 3 aromatic rings. The Labute approximate surface area is 170 Å². The average molecular weight is 422 g/mol. The van der Waals surface area contributed by atoms with E-state index in [0.29, 0.717) is 16.8 Å². The smallest absolute Gasteiger partial charge is 0.416 e. The van der Waals surface area contributed by atoms with Gasteiger partial charge in [-0.15, -0.1) is 12.4 Å². The third kappa shape index (κ3) is 5.14. The number of carbonyl (C=O) groups is 2. The predicted octanol–water partition coefficient (Wildman–Crippen LogP) is 5.74. The topological polar surface area (TPSA) is 66.4 Å². The van der Waals surface area contributed by atoms with Gasteiger partial charge in [0.25, 0.3) is 5.91 Å². The first-order valence-corrected chi connectivity index (χ1v) is 8.17. The lowest BCUT2D eigenvalue weighted by Crippen LogP contribution is -2.13. The van der Waals surface area contributed by atoms with Crippen molar-refractivity contribution in [3.63, 3.8) is 0 Å². The number of aromatic carboxylic acids is 1. The predicted molar refractivity (Wildman–Crippen MR) is 105 cm³/mol. The maximum absolute atomic E-state index is 12.8. The Morgan fingerprint density at radius 2 is 1.52 bits per heavy atom. The van der Waals surface area contributed by atoms with Gasteiger partial charge in [-0.05, 0) is 47.5 Å². The van der Waals surface area contributed by atoms with Crippen molar-refractivity contribution in [2.45, 2.75) is 6.18 Å². The third-order valence-corrected chi connectivity index (χ3v) is 4.06. The first-order chi connectivity index (χ1) is 13.3. The molecule has 150 valence electrons. The summed E-state index contributed by atoms with van der Waals surface area (Å²) < 4.78 is 38.3. The van der Waals surface area contributed by atoms with Gasteiger partial charge in [-0.1, -0.05) is 36.4 Å². The van der Waals surface area contributed by atoms with E-state index in [2.05, 4.69) is 5.32 Å². The standard InChI is InChI=1S/C21H14F3NO3.ClH/c22-21(23,24)15-10-8-13(9-11-15)17-6-1-2-7-18(17)19(26)25-16-5-3-4-14(12-16)20(27)28;/h1-12H,(H,25,26)(H,27,28);1H. The first kappa shape index (κ1) is 22.0. The fourth-order valence-electron chi connectivity index (χ4n) is 2.70. The zero-order chi connectivity index (χ0) is 20.3. The molecule has 0 fully saturated rings. The minimum Gasteiger partial charge on any atom is -0.478 e. The van der Waals surface area contributed by atoms with Gasteiger partial charge in [-0.25, -0.2) is 4.79 Å². The zero-order valence-electron chi connectivity index (χ0n) is 14.7. The molecule has 0 heterocycles. The number of nitrogens with one attached hydrogen (secondary N) is 1. The molecule has 8 heteroatoms. The quantitative estimate of drug-likeness (QED) is 0.564. The Hall–Kier alpha value is -3.32. The molecule has 0 atom stereocenters. The fraction of sp³-hybridized carbons (Fsp3) is 0.0476. The van der Waals surface area contributed by atoms with Gasteiger partial charge in [0, 0.05) is 11.3 Å². The van der Waals surface area contributed by atoms with Crippen LogP contribution in [-0.2, 0) is 6.18 Å². The summed E-state index contributed by atoms with van der Waals surface area (Å²) in [6.45, 7) is 0. The average Bonchev–Trinajstić information content (AvgIpc) is 2.67. The summed E-state index contributed by atoms with van der Waals surface area (Å²) >= 11 is 0. The Morgan fingerprint density at radius 3 is 2.14 bits per heavy atom. The molecule has 0 saturated heterocycles. The monoisotopic (exact) mass is 421 g/mol. The lowest BCUT2D eigenvalue weighted by atomic mass is 9.98. The molecule has 3 aromatic carbocycles. The summed E-state index contributed by atoms with van der Waals surface area (Å²) in [5.41, 5.74) is 0.716. The second-order valence-electron chi connectivity index (χ2n) is 5.96. The van der Waals surface area contributed by atoms with Crippen LogP contribution in [0.3, 0.4) is 0 Å². The van der Waals surface area contributed by atoms with Crippen LogP contribution in [0.5, 0.6) is 0 Å². The Bertz CT molecular complexity index is 1030. The van der Waals surface area contributed by atoms with E-state index in [1.807, 2.05) is 0 Å². The highest BCUT2D eigenvalue weighted by Gasteiger charge is 2.30. The number of carbonyl (C=O) groups excluding carboxylic acids is 1. The van der Waals surface area contributed by atoms with Gasteiger partial charge in [0.05, 0.1) is 11.1 Å². The second kappa shape index (κ2) is 8.79. The van der Waals surface area contributed by atoms with Crippen LogP contribution in [0.1, 0.15) is 26.3 Å². The number of halogens is 4. The Morgan fingerprint density at radius 1 is 0.862 bits per heavy atom. The van der Waals surface area contributed by atoms with Crippen molar-refractivity contribution >= 4 is 30.0 Å². The molecule has 0 aliphatic heterocycles. The van der Waals surface area contributed by atoms with Crippen LogP contribution in [0.2, 0.25) is 0 Å². The maximum Gasteiger partial charge on any atom is 0.416 e. The molecule has 0 saturated carbocycles. The SMILES string of the molecule is Cl.O=C(O)c1cccc(NC(=O)c2ccccc2-c2ccc(C(F)(F)F)cc2)c1. The number of hydrogen-bond acceptors (Lipinski definition) is 2. The van der Waals surface area contributed by atoms with Crippen LogP contribution in [-0.4, -0.2) is 17.0 Å². The first-order valence-electron chi connectivity index (χ1n) is 8.17. The van der Waals surface area contributed by atoms with Crippen molar-refractivity contribution < 1.29 is 27.9 Å². The molecule has 0 radical (unpaired) electrons. The molecule has 0 spiro atoms. The highest BCUT2D eigenvalue weighted by atomic mass is 35.5. The van der Waals surface area contributed by atoms with E-state index in [9.17, 15) is 22.8 Å². The van der Waals surface area contributed by atoms with Crippen LogP contribution >= 0.6 is 12.4 Å². The molecular weight excluding hydrogens is 407 g/mol. The highest BCUT2D eigenvalue weighted by Crippen LogP contribution is 2.32. The number of hydrogen-bond donors (Lipinski definition) is 2. The van der Waals surface area contributed by atoms with E-state index in [1.165, 1.54) is 30.3 Å². The van der Waals surface area contributed by atoms with Crippen LogP contribution in [0.15, 0.2) is 72.8 Å². The lowest BCUT2D eigenvalue weighted by molar-refractivity contribution is -0.137. The fourth-order valence-corrected chi connectivity index (χ4v) is 2.70. The maximum atomic E-state index is 12.8. The number of benzene rings is 3. The van der Waals surface area contributed by atoms with Crippen LogP contribution in [0.4, 0.5) is 18.9 Å². The van der Waals surface area contributed by atoms with Gasteiger partial charge in [-0.2, -0.15) is 13.2 Å². The van der Waals surface area contributed by atoms with E-state index in [1.54, 1.807) is 30.3 Å². The molecular formula is C21H15ClF3NO3. The normalized spacial score (nSPS) is 10.7. The minimum atomic E-state index is -4.44. The van der Waals surface area contributed by atoms with Gasteiger partial charge in [0.1, 0.15) is 0 Å². The van der Waals surface area contributed by atoms with E-state index >= 15 is 0 Å². The van der Waals surface area contributed by atoms with Gasteiger partial charge in [-0.3, -0.25) is 4.79 Å². The number of rotatable bonds is 4. The highest BCUT2D eigenvalue weighted by molar-refractivity contribution is 6.09. The number of carboxylic acids is 1. The minimum absolute atomic E-state index is 0. The summed E-state index contributed by atoms with van der Waals surface area (Å²) in [6, 6.07) is 16.8.